The van der Waals surface area contributed by atoms with Gasteiger partial charge in [0.25, 0.3) is 11.5 Å². The number of nitrogens with zero attached hydrogens (tertiary/aromatic N) is 5. The topological polar surface area (TPSA) is 89.7 Å². The summed E-state index contributed by atoms with van der Waals surface area (Å²) in [5.41, 5.74) is 1.47. The van der Waals surface area contributed by atoms with Gasteiger partial charge in [-0.1, -0.05) is 6.07 Å². The molecule has 0 bridgehead atoms. The summed E-state index contributed by atoms with van der Waals surface area (Å²) < 4.78 is 45.0. The van der Waals surface area contributed by atoms with E-state index in [4.69, 9.17) is 0 Å². The second-order valence-electron chi connectivity index (χ2n) is 9.37. The summed E-state index contributed by atoms with van der Waals surface area (Å²) in [5, 5.41) is 6.85. The summed E-state index contributed by atoms with van der Waals surface area (Å²) in [7, 11) is 0. The number of pyridine rings is 1. The molecule has 8 nitrogen and oxygen atoms in total. The lowest BCUT2D eigenvalue weighted by molar-refractivity contribution is -0.176. The van der Waals surface area contributed by atoms with Crippen LogP contribution in [0.1, 0.15) is 36.6 Å². The zero-order valence-electron chi connectivity index (χ0n) is 19.6. The molecule has 0 amide bonds. The van der Waals surface area contributed by atoms with E-state index < -0.39 is 24.4 Å². The molecule has 4 heterocycles. The molecular formula is C25H24F3N7O. The van der Waals surface area contributed by atoms with Crippen molar-refractivity contribution in [2.45, 2.75) is 50.9 Å². The van der Waals surface area contributed by atoms with Gasteiger partial charge in [-0.15, -0.1) is 0 Å². The molecule has 3 aromatic heterocycles. The van der Waals surface area contributed by atoms with Crippen molar-refractivity contribution in [2.24, 2.45) is 0 Å². The maximum Gasteiger partial charge on any atom is 0.278 e. The van der Waals surface area contributed by atoms with E-state index in [0.29, 0.717) is 29.2 Å². The summed E-state index contributed by atoms with van der Waals surface area (Å²) in [6.45, 7) is 3.87. The molecule has 0 radical (unpaired) electrons. The molecule has 1 fully saturated rings. The third-order valence-electron chi connectivity index (χ3n) is 6.85. The molecule has 1 saturated carbocycles. The maximum absolute atomic E-state index is 15.1. The minimum atomic E-state index is -3.04. The van der Waals surface area contributed by atoms with Gasteiger partial charge in [-0.2, -0.15) is 4.98 Å². The van der Waals surface area contributed by atoms with Crippen molar-refractivity contribution < 1.29 is 13.2 Å². The van der Waals surface area contributed by atoms with Gasteiger partial charge in [0.2, 0.25) is 5.95 Å². The highest BCUT2D eigenvalue weighted by atomic mass is 19.3. The van der Waals surface area contributed by atoms with Gasteiger partial charge in [0, 0.05) is 31.2 Å². The summed E-state index contributed by atoms with van der Waals surface area (Å²) in [4.78, 5) is 26.0. The largest absolute Gasteiger partial charge is 0.324 e. The smallest absolute Gasteiger partial charge is 0.278 e. The van der Waals surface area contributed by atoms with Crippen LogP contribution in [0.15, 0.2) is 47.5 Å². The van der Waals surface area contributed by atoms with E-state index in [1.54, 1.807) is 17.7 Å². The number of alkyl halides is 3. The lowest BCUT2D eigenvalue weighted by Gasteiger charge is -2.40. The third kappa shape index (κ3) is 3.74. The molecule has 36 heavy (non-hydrogen) atoms. The van der Waals surface area contributed by atoms with Crippen molar-refractivity contribution >= 4 is 22.7 Å². The van der Waals surface area contributed by atoms with Crippen molar-refractivity contribution in [1.82, 2.24) is 29.6 Å². The zero-order chi connectivity index (χ0) is 25.1. The zero-order valence-corrected chi connectivity index (χ0v) is 19.6. The van der Waals surface area contributed by atoms with E-state index in [1.807, 2.05) is 6.07 Å². The molecular weight excluding hydrogens is 471 g/mol. The highest BCUT2D eigenvalue weighted by molar-refractivity contribution is 5.77. The maximum atomic E-state index is 15.1. The summed E-state index contributed by atoms with van der Waals surface area (Å²) in [5.74, 6) is -2.74. The predicted molar refractivity (Wildman–Crippen MR) is 129 cm³/mol. The van der Waals surface area contributed by atoms with Gasteiger partial charge >= 0.3 is 0 Å². The molecule has 0 atom stereocenters. The fraction of sp³-hybridized carbons (Fsp3) is 0.360. The standard InChI is InChI=1S/C25H24F3N7O/c1-2-34-22(36)19-12-31-23(32-17-4-3-16-11-29-7-5-15(16)9-17)33-21(19)35(34)18-6-8-30-20(10-18)24(26)13-25(27,28)14-24/h3-4,6,8-10,12,29H,2,5,7,11,13-14H2,1H3,(H,31,32,33). The number of benzene rings is 1. The number of nitrogens with one attached hydrogen (secondary N) is 2. The molecule has 0 unspecified atom stereocenters. The van der Waals surface area contributed by atoms with Crippen LogP contribution in [0, 0.1) is 0 Å². The molecule has 6 rings (SSSR count). The predicted octanol–water partition coefficient (Wildman–Crippen LogP) is 3.98. The number of hydrogen-bond donors (Lipinski definition) is 2. The Morgan fingerprint density at radius 2 is 1.94 bits per heavy atom. The van der Waals surface area contributed by atoms with Gasteiger partial charge in [-0.3, -0.25) is 9.78 Å². The monoisotopic (exact) mass is 495 g/mol. The van der Waals surface area contributed by atoms with Crippen molar-refractivity contribution in [3.05, 3.63) is 69.9 Å². The number of fused-ring (bicyclic) bond motifs is 2. The fourth-order valence-electron chi connectivity index (χ4n) is 5.07. The first kappa shape index (κ1) is 22.7. The van der Waals surface area contributed by atoms with Gasteiger partial charge in [0.1, 0.15) is 5.39 Å². The van der Waals surface area contributed by atoms with Crippen LogP contribution in [-0.2, 0) is 25.2 Å². The average Bonchev–Trinajstić information content (AvgIpc) is 3.13. The molecule has 0 saturated heterocycles. The van der Waals surface area contributed by atoms with Crippen LogP contribution in [-0.4, -0.2) is 36.8 Å². The minimum Gasteiger partial charge on any atom is -0.324 e. The van der Waals surface area contributed by atoms with Gasteiger partial charge in [-0.05, 0) is 55.3 Å². The third-order valence-corrected chi connectivity index (χ3v) is 6.85. The lowest BCUT2D eigenvalue weighted by atomic mass is 9.76. The Kier molecular flexibility index (Phi) is 5.15. The normalized spacial score (nSPS) is 18.0. The Balaban J connectivity index is 1.41. The van der Waals surface area contributed by atoms with Crippen molar-refractivity contribution in [3.63, 3.8) is 0 Å². The van der Waals surface area contributed by atoms with E-state index in [2.05, 4.69) is 37.7 Å². The second kappa shape index (κ2) is 8.16. The molecule has 1 aromatic carbocycles. The van der Waals surface area contributed by atoms with Crippen LogP contribution >= 0.6 is 0 Å². The molecule has 0 spiro atoms. The van der Waals surface area contributed by atoms with Crippen LogP contribution in [0.4, 0.5) is 24.8 Å². The average molecular weight is 496 g/mol. The van der Waals surface area contributed by atoms with Crippen LogP contribution in [0.25, 0.3) is 16.7 Å². The summed E-state index contributed by atoms with van der Waals surface area (Å²) in [6.07, 6.45) is 1.94. The molecule has 2 N–H and O–H groups in total. The van der Waals surface area contributed by atoms with Crippen molar-refractivity contribution in [1.29, 1.82) is 0 Å². The number of halogens is 3. The number of aromatic nitrogens is 5. The van der Waals surface area contributed by atoms with Crippen LogP contribution < -0.4 is 16.2 Å². The van der Waals surface area contributed by atoms with Crippen LogP contribution in [0.2, 0.25) is 0 Å². The van der Waals surface area contributed by atoms with Crippen LogP contribution in [0.3, 0.4) is 0 Å². The molecule has 11 heteroatoms. The summed E-state index contributed by atoms with van der Waals surface area (Å²) >= 11 is 0. The van der Waals surface area contributed by atoms with Crippen molar-refractivity contribution in [2.75, 3.05) is 11.9 Å². The molecule has 1 aliphatic heterocycles. The molecule has 2 aliphatic rings. The molecule has 4 aromatic rings. The van der Waals surface area contributed by atoms with Gasteiger partial charge in [0.15, 0.2) is 11.3 Å². The van der Waals surface area contributed by atoms with Gasteiger partial charge in [0.05, 0.1) is 24.2 Å². The number of hydrogen-bond acceptors (Lipinski definition) is 6. The van der Waals surface area contributed by atoms with Crippen molar-refractivity contribution in [3.8, 4) is 5.69 Å². The van der Waals surface area contributed by atoms with E-state index in [1.165, 1.54) is 34.3 Å². The highest BCUT2D eigenvalue weighted by Gasteiger charge is 2.59. The quantitative estimate of drug-likeness (QED) is 0.436. The fourth-order valence-corrected chi connectivity index (χ4v) is 5.07. The van der Waals surface area contributed by atoms with E-state index in [-0.39, 0.29) is 11.3 Å². The number of anilines is 2. The SMILES string of the molecule is CCn1c(=O)c2cnc(Nc3ccc4c(c3)CCNC4)nc2n1-c1ccnc(C2(F)CC(F)(F)C2)c1. The Labute approximate surface area is 204 Å². The Morgan fingerprint density at radius 1 is 1.11 bits per heavy atom. The summed E-state index contributed by atoms with van der Waals surface area (Å²) in [6, 6.07) is 9.09. The van der Waals surface area contributed by atoms with E-state index >= 15 is 4.39 Å². The van der Waals surface area contributed by atoms with Gasteiger partial charge in [-0.25, -0.2) is 27.5 Å². The Morgan fingerprint density at radius 3 is 2.72 bits per heavy atom. The second-order valence-corrected chi connectivity index (χ2v) is 9.37. The Bertz CT molecular complexity index is 1540. The molecule has 186 valence electrons. The Hall–Kier alpha value is -3.73. The van der Waals surface area contributed by atoms with Gasteiger partial charge < -0.3 is 10.6 Å². The minimum absolute atomic E-state index is 0.0844. The first-order valence-electron chi connectivity index (χ1n) is 11.9. The number of rotatable bonds is 5. The van der Waals surface area contributed by atoms with E-state index in [9.17, 15) is 13.6 Å². The highest BCUT2D eigenvalue weighted by Crippen LogP contribution is 2.54. The first-order chi connectivity index (χ1) is 17.3. The van der Waals surface area contributed by atoms with Crippen LogP contribution in [0.5, 0.6) is 0 Å². The lowest BCUT2D eigenvalue weighted by Crippen LogP contribution is -2.46. The first-order valence-corrected chi connectivity index (χ1v) is 11.9. The molecule has 1 aliphatic carbocycles. The van der Waals surface area contributed by atoms with E-state index in [0.717, 1.165) is 25.2 Å².